The third-order valence-corrected chi connectivity index (χ3v) is 4.76. The zero-order chi connectivity index (χ0) is 21.6. The normalized spacial score (nSPS) is 11.8. The number of carbonyl (C=O) groups is 2. The smallest absolute Gasteiger partial charge is 0.261 e. The SMILES string of the molecule is Cc1cc(C)cc(OCC(=O)N(Cc2ccccc2C)C(C)C(=O)NC(C)C)c1. The lowest BCUT2D eigenvalue weighted by molar-refractivity contribution is -0.142. The Morgan fingerprint density at radius 3 is 2.21 bits per heavy atom. The molecule has 1 N–H and O–H groups in total. The van der Waals surface area contributed by atoms with Crippen molar-refractivity contribution >= 4 is 11.8 Å². The molecule has 0 aromatic heterocycles. The van der Waals surface area contributed by atoms with Crippen molar-refractivity contribution in [3.63, 3.8) is 0 Å². The summed E-state index contributed by atoms with van der Waals surface area (Å²) in [6.07, 6.45) is 0. The van der Waals surface area contributed by atoms with Crippen LogP contribution in [-0.4, -0.2) is 35.4 Å². The molecule has 0 aliphatic heterocycles. The summed E-state index contributed by atoms with van der Waals surface area (Å²) in [5.74, 6) is 0.262. The van der Waals surface area contributed by atoms with E-state index in [1.165, 1.54) is 0 Å². The Kier molecular flexibility index (Phi) is 7.82. The van der Waals surface area contributed by atoms with Crippen LogP contribution in [0, 0.1) is 20.8 Å². The molecule has 0 saturated heterocycles. The molecule has 1 atom stereocenters. The van der Waals surface area contributed by atoms with Gasteiger partial charge >= 0.3 is 0 Å². The molecule has 0 aliphatic carbocycles. The molecule has 0 radical (unpaired) electrons. The second kappa shape index (κ2) is 10.1. The number of benzene rings is 2. The van der Waals surface area contributed by atoms with E-state index in [4.69, 9.17) is 4.74 Å². The summed E-state index contributed by atoms with van der Waals surface area (Å²) in [7, 11) is 0. The highest BCUT2D eigenvalue weighted by atomic mass is 16.5. The van der Waals surface area contributed by atoms with E-state index in [2.05, 4.69) is 11.4 Å². The zero-order valence-corrected chi connectivity index (χ0v) is 18.3. The van der Waals surface area contributed by atoms with E-state index < -0.39 is 6.04 Å². The van der Waals surface area contributed by atoms with E-state index >= 15 is 0 Å². The lowest BCUT2D eigenvalue weighted by atomic mass is 10.1. The molecule has 2 aromatic rings. The summed E-state index contributed by atoms with van der Waals surface area (Å²) in [6.45, 7) is 11.8. The lowest BCUT2D eigenvalue weighted by Crippen LogP contribution is -2.50. The maximum absolute atomic E-state index is 13.1. The van der Waals surface area contributed by atoms with E-state index in [1.54, 1.807) is 11.8 Å². The summed E-state index contributed by atoms with van der Waals surface area (Å²) in [5.41, 5.74) is 4.25. The molecule has 0 aliphatic rings. The van der Waals surface area contributed by atoms with Crippen molar-refractivity contribution in [3.8, 4) is 5.75 Å². The first-order chi connectivity index (χ1) is 13.7. The van der Waals surface area contributed by atoms with Gasteiger partial charge in [0.1, 0.15) is 11.8 Å². The number of aryl methyl sites for hydroxylation is 3. The van der Waals surface area contributed by atoms with Crippen molar-refractivity contribution in [2.75, 3.05) is 6.61 Å². The average Bonchev–Trinajstić information content (AvgIpc) is 2.63. The monoisotopic (exact) mass is 396 g/mol. The molecule has 5 nitrogen and oxygen atoms in total. The molecule has 2 amide bonds. The largest absolute Gasteiger partial charge is 0.484 e. The fourth-order valence-corrected chi connectivity index (χ4v) is 3.20. The summed E-state index contributed by atoms with van der Waals surface area (Å²) in [6, 6.07) is 13.1. The van der Waals surface area contributed by atoms with Gasteiger partial charge in [0, 0.05) is 12.6 Å². The Bertz CT molecular complexity index is 841. The van der Waals surface area contributed by atoms with Gasteiger partial charge < -0.3 is 15.0 Å². The van der Waals surface area contributed by atoms with Gasteiger partial charge in [0.2, 0.25) is 5.91 Å². The Morgan fingerprint density at radius 1 is 1.00 bits per heavy atom. The van der Waals surface area contributed by atoms with Gasteiger partial charge in [0.05, 0.1) is 0 Å². The van der Waals surface area contributed by atoms with Crippen LogP contribution in [0.3, 0.4) is 0 Å². The number of carbonyl (C=O) groups excluding carboxylic acids is 2. The van der Waals surface area contributed by atoms with E-state index in [1.807, 2.05) is 71.0 Å². The van der Waals surface area contributed by atoms with E-state index in [-0.39, 0.29) is 24.5 Å². The van der Waals surface area contributed by atoms with Crippen molar-refractivity contribution in [3.05, 3.63) is 64.7 Å². The van der Waals surface area contributed by atoms with Crippen molar-refractivity contribution in [1.29, 1.82) is 0 Å². The number of nitrogens with one attached hydrogen (secondary N) is 1. The highest BCUT2D eigenvalue weighted by Gasteiger charge is 2.27. The number of rotatable bonds is 8. The second-order valence-electron chi connectivity index (χ2n) is 7.90. The number of nitrogens with zero attached hydrogens (tertiary/aromatic N) is 1. The molecule has 0 fully saturated rings. The molecular weight excluding hydrogens is 364 g/mol. The topological polar surface area (TPSA) is 58.6 Å². The van der Waals surface area contributed by atoms with Gasteiger partial charge in [-0.3, -0.25) is 9.59 Å². The summed E-state index contributed by atoms with van der Waals surface area (Å²) < 4.78 is 5.77. The Labute approximate surface area is 174 Å². The Balaban J connectivity index is 2.19. The summed E-state index contributed by atoms with van der Waals surface area (Å²) in [5, 5.41) is 2.89. The molecule has 0 spiro atoms. The van der Waals surface area contributed by atoms with Crippen LogP contribution in [0.1, 0.15) is 43.0 Å². The van der Waals surface area contributed by atoms with Crippen LogP contribution in [0.15, 0.2) is 42.5 Å². The first-order valence-corrected chi connectivity index (χ1v) is 10.0. The van der Waals surface area contributed by atoms with Gasteiger partial charge in [-0.1, -0.05) is 30.3 Å². The fourth-order valence-electron chi connectivity index (χ4n) is 3.20. The minimum Gasteiger partial charge on any atom is -0.484 e. The average molecular weight is 397 g/mol. The minimum absolute atomic E-state index is 0.00637. The van der Waals surface area contributed by atoms with Gasteiger partial charge in [0.15, 0.2) is 6.61 Å². The van der Waals surface area contributed by atoms with Crippen LogP contribution < -0.4 is 10.1 Å². The van der Waals surface area contributed by atoms with Gasteiger partial charge in [-0.05, 0) is 75.9 Å². The van der Waals surface area contributed by atoms with Gasteiger partial charge in [0.25, 0.3) is 5.91 Å². The van der Waals surface area contributed by atoms with Crippen LogP contribution in [0.5, 0.6) is 5.75 Å². The maximum Gasteiger partial charge on any atom is 0.261 e. The number of amides is 2. The molecule has 0 heterocycles. The standard InChI is InChI=1S/C24H32N2O3/c1-16(2)25-24(28)20(6)26(14-21-10-8-7-9-19(21)5)23(27)15-29-22-12-17(3)11-18(4)13-22/h7-13,16,20H,14-15H2,1-6H3,(H,25,28). The quantitative estimate of drug-likeness (QED) is 0.735. The van der Waals surface area contributed by atoms with Crippen molar-refractivity contribution in [2.45, 2.75) is 60.2 Å². The molecule has 0 bridgehead atoms. The first-order valence-electron chi connectivity index (χ1n) is 10.0. The third-order valence-electron chi connectivity index (χ3n) is 4.76. The van der Waals surface area contributed by atoms with E-state index in [0.29, 0.717) is 12.3 Å². The van der Waals surface area contributed by atoms with Crippen LogP contribution in [0.4, 0.5) is 0 Å². The highest BCUT2D eigenvalue weighted by molar-refractivity contribution is 5.88. The van der Waals surface area contributed by atoms with Gasteiger partial charge in [-0.15, -0.1) is 0 Å². The number of hydrogen-bond acceptors (Lipinski definition) is 3. The van der Waals surface area contributed by atoms with Crippen LogP contribution >= 0.6 is 0 Å². The molecule has 5 heteroatoms. The first kappa shape index (κ1) is 22.5. The zero-order valence-electron chi connectivity index (χ0n) is 18.3. The predicted octanol–water partition coefficient (Wildman–Crippen LogP) is 3.93. The number of hydrogen-bond donors (Lipinski definition) is 1. The Hall–Kier alpha value is -2.82. The molecule has 1 unspecified atom stereocenters. The van der Waals surface area contributed by atoms with Crippen LogP contribution in [0.25, 0.3) is 0 Å². The van der Waals surface area contributed by atoms with Crippen molar-refractivity contribution in [2.24, 2.45) is 0 Å². The van der Waals surface area contributed by atoms with Crippen molar-refractivity contribution in [1.82, 2.24) is 10.2 Å². The second-order valence-corrected chi connectivity index (χ2v) is 7.90. The third kappa shape index (κ3) is 6.63. The van der Waals surface area contributed by atoms with Gasteiger partial charge in [-0.2, -0.15) is 0 Å². The molecule has 156 valence electrons. The van der Waals surface area contributed by atoms with E-state index in [9.17, 15) is 9.59 Å². The Morgan fingerprint density at radius 2 is 1.62 bits per heavy atom. The lowest BCUT2D eigenvalue weighted by Gasteiger charge is -2.29. The molecule has 2 aromatic carbocycles. The van der Waals surface area contributed by atoms with Crippen LogP contribution in [0.2, 0.25) is 0 Å². The minimum atomic E-state index is -0.604. The van der Waals surface area contributed by atoms with Crippen LogP contribution in [-0.2, 0) is 16.1 Å². The molecule has 29 heavy (non-hydrogen) atoms. The fraction of sp³-hybridized carbons (Fsp3) is 0.417. The van der Waals surface area contributed by atoms with Crippen molar-refractivity contribution < 1.29 is 14.3 Å². The number of ether oxygens (including phenoxy) is 1. The van der Waals surface area contributed by atoms with Gasteiger partial charge in [-0.25, -0.2) is 0 Å². The highest BCUT2D eigenvalue weighted by Crippen LogP contribution is 2.18. The molecular formula is C24H32N2O3. The van der Waals surface area contributed by atoms with E-state index in [0.717, 1.165) is 22.3 Å². The predicted molar refractivity (Wildman–Crippen MR) is 116 cm³/mol. The molecule has 0 saturated carbocycles. The maximum atomic E-state index is 13.1. The summed E-state index contributed by atoms with van der Waals surface area (Å²) >= 11 is 0. The summed E-state index contributed by atoms with van der Waals surface area (Å²) in [4.78, 5) is 27.2. The molecule has 2 rings (SSSR count).